The quantitative estimate of drug-likeness (QED) is 0.246. The van der Waals surface area contributed by atoms with Crippen molar-refractivity contribution < 1.29 is 26.9 Å². The SMILES string of the molecule is Cc1ccc(NS(=O)(=O)c2cc([N+](=O)[O-])ccc2N/N=C/c2ccc(OC(F)F)cc2)c(C)c1. The van der Waals surface area contributed by atoms with Crippen LogP contribution in [0.5, 0.6) is 5.75 Å². The molecule has 0 unspecified atom stereocenters. The summed E-state index contributed by atoms with van der Waals surface area (Å²) < 4.78 is 57.4. The maximum atomic E-state index is 13.1. The number of nitrogens with zero attached hydrogens (tertiary/aromatic N) is 2. The van der Waals surface area contributed by atoms with Crippen LogP contribution in [0.3, 0.4) is 0 Å². The van der Waals surface area contributed by atoms with Crippen LogP contribution in [0.2, 0.25) is 0 Å². The number of nitro groups is 1. The molecule has 0 bridgehead atoms. The number of non-ortho nitro benzene ring substituents is 1. The molecule has 0 aromatic heterocycles. The Morgan fingerprint density at radius 2 is 1.71 bits per heavy atom. The first-order valence-electron chi connectivity index (χ1n) is 9.77. The van der Waals surface area contributed by atoms with Crippen molar-refractivity contribution in [2.45, 2.75) is 25.4 Å². The summed E-state index contributed by atoms with van der Waals surface area (Å²) in [4.78, 5) is 10.1. The van der Waals surface area contributed by atoms with Gasteiger partial charge in [0.1, 0.15) is 10.6 Å². The molecule has 0 saturated heterocycles. The second-order valence-electron chi connectivity index (χ2n) is 7.18. The van der Waals surface area contributed by atoms with E-state index in [1.54, 1.807) is 25.1 Å². The van der Waals surface area contributed by atoms with Gasteiger partial charge in [-0.2, -0.15) is 13.9 Å². The standard InChI is InChI=1S/C22H20F2N4O5S/c1-14-3-9-19(15(2)11-14)27-34(31,32)21-12-17(28(29)30)6-10-20(21)26-25-13-16-4-7-18(8-5-16)33-22(23)24/h3-13,22,26-27H,1-2H3/b25-13+. The lowest BCUT2D eigenvalue weighted by atomic mass is 10.1. The average molecular weight is 490 g/mol. The van der Waals surface area contributed by atoms with Gasteiger partial charge in [0.25, 0.3) is 15.7 Å². The number of hydrazone groups is 1. The Hall–Kier alpha value is -4.06. The molecular formula is C22H20F2N4O5S. The van der Waals surface area contributed by atoms with Gasteiger partial charge in [0, 0.05) is 12.1 Å². The Bertz CT molecular complexity index is 1330. The van der Waals surface area contributed by atoms with Gasteiger partial charge >= 0.3 is 6.61 Å². The minimum absolute atomic E-state index is 0.00299. The van der Waals surface area contributed by atoms with Crippen LogP contribution in [0.1, 0.15) is 16.7 Å². The van der Waals surface area contributed by atoms with Crippen molar-refractivity contribution in [1.29, 1.82) is 0 Å². The maximum Gasteiger partial charge on any atom is 0.387 e. The lowest BCUT2D eigenvalue weighted by Gasteiger charge is -2.14. The number of benzene rings is 3. The third-order valence-corrected chi connectivity index (χ3v) is 6.00. The van der Waals surface area contributed by atoms with Crippen LogP contribution in [0.15, 0.2) is 70.7 Å². The molecule has 0 amide bonds. The van der Waals surface area contributed by atoms with E-state index in [4.69, 9.17) is 0 Å². The predicted octanol–water partition coefficient (Wildman–Crippen LogP) is 5.06. The number of hydrogen-bond acceptors (Lipinski definition) is 7. The van der Waals surface area contributed by atoms with Crippen molar-refractivity contribution in [2.24, 2.45) is 5.10 Å². The molecule has 0 aliphatic heterocycles. The van der Waals surface area contributed by atoms with Crippen LogP contribution in [0.25, 0.3) is 0 Å². The first-order chi connectivity index (χ1) is 16.0. The molecular weight excluding hydrogens is 470 g/mol. The fraction of sp³-hybridized carbons (Fsp3) is 0.136. The molecule has 2 N–H and O–H groups in total. The highest BCUT2D eigenvalue weighted by Crippen LogP contribution is 2.29. The predicted molar refractivity (Wildman–Crippen MR) is 124 cm³/mol. The molecule has 0 radical (unpaired) electrons. The molecule has 0 atom stereocenters. The van der Waals surface area contributed by atoms with Crippen LogP contribution in [-0.4, -0.2) is 26.2 Å². The number of aryl methyl sites for hydroxylation is 2. The Labute approximate surface area is 194 Å². The summed E-state index contributed by atoms with van der Waals surface area (Å²) in [6, 6.07) is 14.0. The van der Waals surface area contributed by atoms with Crippen LogP contribution in [0.4, 0.5) is 25.8 Å². The van der Waals surface area contributed by atoms with E-state index in [2.05, 4.69) is 20.0 Å². The van der Waals surface area contributed by atoms with Crippen molar-refractivity contribution in [1.82, 2.24) is 0 Å². The number of halogens is 2. The lowest BCUT2D eigenvalue weighted by Crippen LogP contribution is -2.16. The molecule has 0 fully saturated rings. The van der Waals surface area contributed by atoms with Crippen molar-refractivity contribution in [2.75, 3.05) is 10.1 Å². The highest BCUT2D eigenvalue weighted by molar-refractivity contribution is 7.92. The van der Waals surface area contributed by atoms with Crippen molar-refractivity contribution >= 4 is 33.3 Å². The first kappa shape index (κ1) is 24.6. The Morgan fingerprint density at radius 1 is 1.03 bits per heavy atom. The number of rotatable bonds is 9. The number of alkyl halides is 2. The van der Waals surface area contributed by atoms with Gasteiger partial charge in [-0.15, -0.1) is 0 Å². The van der Waals surface area contributed by atoms with E-state index in [0.717, 1.165) is 17.7 Å². The van der Waals surface area contributed by atoms with E-state index in [1.165, 1.54) is 36.5 Å². The molecule has 12 heteroatoms. The highest BCUT2D eigenvalue weighted by atomic mass is 32.2. The molecule has 34 heavy (non-hydrogen) atoms. The van der Waals surface area contributed by atoms with Crippen LogP contribution < -0.4 is 14.9 Å². The number of anilines is 2. The zero-order chi connectivity index (χ0) is 24.9. The lowest BCUT2D eigenvalue weighted by molar-refractivity contribution is -0.385. The van der Waals surface area contributed by atoms with Crippen LogP contribution >= 0.6 is 0 Å². The topological polar surface area (TPSA) is 123 Å². The summed E-state index contributed by atoms with van der Waals surface area (Å²) in [5, 5.41) is 15.2. The van der Waals surface area contributed by atoms with Crippen LogP contribution in [-0.2, 0) is 10.0 Å². The van der Waals surface area contributed by atoms with Gasteiger partial charge < -0.3 is 4.74 Å². The van der Waals surface area contributed by atoms with E-state index in [1.807, 2.05) is 6.92 Å². The third kappa shape index (κ3) is 6.25. The van der Waals surface area contributed by atoms with E-state index in [9.17, 15) is 27.3 Å². The zero-order valence-electron chi connectivity index (χ0n) is 18.0. The molecule has 0 spiro atoms. The Balaban J connectivity index is 1.87. The van der Waals surface area contributed by atoms with E-state index in [-0.39, 0.29) is 16.3 Å². The number of nitrogens with one attached hydrogen (secondary N) is 2. The van der Waals surface area contributed by atoms with Gasteiger partial charge in [0.05, 0.1) is 22.5 Å². The minimum Gasteiger partial charge on any atom is -0.435 e. The summed E-state index contributed by atoms with van der Waals surface area (Å²) in [6.45, 7) is 0.658. The number of hydrogen-bond donors (Lipinski definition) is 2. The second kappa shape index (κ2) is 10.3. The number of ether oxygens (including phenoxy) is 1. The Kier molecular flexibility index (Phi) is 7.41. The zero-order valence-corrected chi connectivity index (χ0v) is 18.8. The monoisotopic (exact) mass is 490 g/mol. The van der Waals surface area contributed by atoms with Gasteiger partial charge in [-0.3, -0.25) is 20.3 Å². The van der Waals surface area contributed by atoms with Gasteiger partial charge in [-0.25, -0.2) is 8.42 Å². The summed E-state index contributed by atoms with van der Waals surface area (Å²) in [5.41, 5.74) is 4.62. The van der Waals surface area contributed by atoms with E-state index >= 15 is 0 Å². The Morgan fingerprint density at radius 3 is 2.32 bits per heavy atom. The molecule has 0 aliphatic carbocycles. The first-order valence-corrected chi connectivity index (χ1v) is 11.3. The molecule has 178 valence electrons. The summed E-state index contributed by atoms with van der Waals surface area (Å²) in [7, 11) is -4.23. The summed E-state index contributed by atoms with van der Waals surface area (Å²) in [5.74, 6) is -0.0265. The van der Waals surface area contributed by atoms with Crippen molar-refractivity contribution in [3.05, 3.63) is 87.5 Å². The normalized spacial score (nSPS) is 11.6. The summed E-state index contributed by atoms with van der Waals surface area (Å²) in [6.07, 6.45) is 1.32. The van der Waals surface area contributed by atoms with E-state index in [0.29, 0.717) is 16.8 Å². The molecule has 9 nitrogen and oxygen atoms in total. The molecule has 3 aromatic carbocycles. The number of nitro benzene ring substituents is 1. The maximum absolute atomic E-state index is 13.1. The van der Waals surface area contributed by atoms with E-state index < -0.39 is 27.2 Å². The van der Waals surface area contributed by atoms with Gasteiger partial charge in [0.2, 0.25) is 0 Å². The summed E-state index contributed by atoms with van der Waals surface area (Å²) >= 11 is 0. The average Bonchev–Trinajstić information content (AvgIpc) is 2.76. The largest absolute Gasteiger partial charge is 0.435 e. The minimum atomic E-state index is -4.23. The smallest absolute Gasteiger partial charge is 0.387 e. The van der Waals surface area contributed by atoms with Gasteiger partial charge in [-0.05, 0) is 61.4 Å². The van der Waals surface area contributed by atoms with Crippen molar-refractivity contribution in [3.8, 4) is 5.75 Å². The van der Waals surface area contributed by atoms with Crippen LogP contribution in [0, 0.1) is 24.0 Å². The van der Waals surface area contributed by atoms with Crippen molar-refractivity contribution in [3.63, 3.8) is 0 Å². The molecule has 3 rings (SSSR count). The molecule has 0 saturated carbocycles. The molecule has 0 aliphatic rings. The third-order valence-electron chi connectivity index (χ3n) is 4.60. The molecule has 3 aromatic rings. The fourth-order valence-corrected chi connectivity index (χ4v) is 4.29. The van der Waals surface area contributed by atoms with Gasteiger partial charge in [-0.1, -0.05) is 17.7 Å². The van der Waals surface area contributed by atoms with Gasteiger partial charge in [0.15, 0.2) is 0 Å². The fourth-order valence-electron chi connectivity index (χ4n) is 2.98. The second-order valence-corrected chi connectivity index (χ2v) is 8.83. The number of sulfonamides is 1. The molecule has 0 heterocycles. The highest BCUT2D eigenvalue weighted by Gasteiger charge is 2.23.